The van der Waals surface area contributed by atoms with Crippen molar-refractivity contribution in [3.05, 3.63) is 60.3 Å². The molecule has 0 radical (unpaired) electrons. The maximum atomic E-state index is 12.2. The van der Waals surface area contributed by atoms with Gasteiger partial charge in [0.1, 0.15) is 5.82 Å². The van der Waals surface area contributed by atoms with Crippen molar-refractivity contribution < 1.29 is 4.79 Å². The lowest BCUT2D eigenvalue weighted by Crippen LogP contribution is -2.42. The number of pyridine rings is 1. The van der Waals surface area contributed by atoms with Gasteiger partial charge in [-0.05, 0) is 30.5 Å². The van der Waals surface area contributed by atoms with E-state index in [1.165, 1.54) is 10.5 Å². The van der Waals surface area contributed by atoms with Crippen LogP contribution in [0, 0.1) is 0 Å². The minimum absolute atomic E-state index is 0.111. The topological polar surface area (TPSA) is 59.2 Å². The summed E-state index contributed by atoms with van der Waals surface area (Å²) < 4.78 is 0. The van der Waals surface area contributed by atoms with E-state index in [2.05, 4.69) is 4.98 Å². The Morgan fingerprint density at radius 2 is 1.90 bits per heavy atom. The summed E-state index contributed by atoms with van der Waals surface area (Å²) in [5.41, 5.74) is 7.18. The molecule has 0 saturated carbocycles. The van der Waals surface area contributed by atoms with Gasteiger partial charge in [-0.2, -0.15) is 0 Å². The number of rotatable bonds is 5. The van der Waals surface area contributed by atoms with Gasteiger partial charge in [0, 0.05) is 13.2 Å². The number of carbonyl (C=O) groups excluding carboxylic acids is 1. The van der Waals surface area contributed by atoms with Crippen LogP contribution in [0.15, 0.2) is 54.7 Å². The van der Waals surface area contributed by atoms with Gasteiger partial charge in [0.2, 0.25) is 5.91 Å². The van der Waals surface area contributed by atoms with Crippen molar-refractivity contribution in [1.82, 2.24) is 4.98 Å². The first-order valence-corrected chi connectivity index (χ1v) is 6.66. The molecule has 1 heterocycles. The summed E-state index contributed by atoms with van der Waals surface area (Å²) in [6.45, 7) is 0. The van der Waals surface area contributed by atoms with E-state index in [0.717, 1.165) is 6.42 Å². The number of carbonyl (C=O) groups is 1. The van der Waals surface area contributed by atoms with Gasteiger partial charge < -0.3 is 5.73 Å². The molecule has 104 valence electrons. The summed E-state index contributed by atoms with van der Waals surface area (Å²) in [6, 6.07) is 15.0. The second kappa shape index (κ2) is 6.82. The van der Waals surface area contributed by atoms with Crippen molar-refractivity contribution in [2.75, 3.05) is 11.9 Å². The first kappa shape index (κ1) is 14.2. The number of aromatic nitrogens is 1. The van der Waals surface area contributed by atoms with Crippen molar-refractivity contribution in [2.24, 2.45) is 5.73 Å². The summed E-state index contributed by atoms with van der Waals surface area (Å²) in [6.07, 6.45) is 3.08. The highest BCUT2D eigenvalue weighted by molar-refractivity contribution is 5.95. The smallest absolute Gasteiger partial charge is 0.244 e. The van der Waals surface area contributed by atoms with Gasteiger partial charge in [0.15, 0.2) is 0 Å². The van der Waals surface area contributed by atoms with Gasteiger partial charge in [0.05, 0.1) is 6.04 Å². The second-order valence-corrected chi connectivity index (χ2v) is 4.72. The van der Waals surface area contributed by atoms with Crippen molar-refractivity contribution in [1.29, 1.82) is 0 Å². The first-order chi connectivity index (χ1) is 9.68. The molecule has 2 N–H and O–H groups in total. The molecule has 0 bridgehead atoms. The van der Waals surface area contributed by atoms with Crippen LogP contribution in [-0.2, 0) is 11.2 Å². The van der Waals surface area contributed by atoms with Crippen LogP contribution in [-0.4, -0.2) is 24.0 Å². The van der Waals surface area contributed by atoms with E-state index in [0.29, 0.717) is 12.2 Å². The lowest BCUT2D eigenvalue weighted by Gasteiger charge is -2.20. The van der Waals surface area contributed by atoms with Crippen LogP contribution in [0.2, 0.25) is 0 Å². The van der Waals surface area contributed by atoms with E-state index in [-0.39, 0.29) is 5.91 Å². The Kier molecular flexibility index (Phi) is 4.85. The van der Waals surface area contributed by atoms with Gasteiger partial charge in [-0.3, -0.25) is 9.69 Å². The lowest BCUT2D eigenvalue weighted by atomic mass is 10.1. The second-order valence-electron chi connectivity index (χ2n) is 4.72. The molecular weight excluding hydrogens is 250 g/mol. The number of anilines is 1. The van der Waals surface area contributed by atoms with E-state index in [4.69, 9.17) is 5.73 Å². The fourth-order valence-corrected chi connectivity index (χ4v) is 2.00. The van der Waals surface area contributed by atoms with Gasteiger partial charge in [0.25, 0.3) is 0 Å². The third-order valence-corrected chi connectivity index (χ3v) is 3.23. The lowest BCUT2D eigenvalue weighted by molar-refractivity contribution is -0.119. The molecule has 1 aromatic heterocycles. The molecule has 0 fully saturated rings. The average Bonchev–Trinajstić information content (AvgIpc) is 2.53. The third kappa shape index (κ3) is 3.65. The Morgan fingerprint density at radius 3 is 2.55 bits per heavy atom. The summed E-state index contributed by atoms with van der Waals surface area (Å²) >= 11 is 0. The van der Waals surface area contributed by atoms with Crippen LogP contribution in [0.25, 0.3) is 0 Å². The highest BCUT2D eigenvalue weighted by atomic mass is 16.2. The average molecular weight is 269 g/mol. The number of hydrogen-bond acceptors (Lipinski definition) is 3. The maximum absolute atomic E-state index is 12.2. The summed E-state index contributed by atoms with van der Waals surface area (Å²) in [4.78, 5) is 17.9. The molecule has 2 aromatic rings. The molecule has 0 spiro atoms. The SMILES string of the molecule is CN(C(=O)[C@@H](N)CCc1ccccc1)c1ccccn1. The Hall–Kier alpha value is -2.20. The van der Waals surface area contributed by atoms with E-state index >= 15 is 0 Å². The largest absolute Gasteiger partial charge is 0.320 e. The number of nitrogens with two attached hydrogens (primary N) is 1. The van der Waals surface area contributed by atoms with E-state index < -0.39 is 6.04 Å². The van der Waals surface area contributed by atoms with Crippen LogP contribution in [0.1, 0.15) is 12.0 Å². The van der Waals surface area contributed by atoms with Crippen LogP contribution in [0.3, 0.4) is 0 Å². The number of nitrogens with zero attached hydrogens (tertiary/aromatic N) is 2. The van der Waals surface area contributed by atoms with Crippen LogP contribution in [0.4, 0.5) is 5.82 Å². The number of hydrogen-bond donors (Lipinski definition) is 1. The molecule has 4 heteroatoms. The predicted octanol–water partition coefficient (Wildman–Crippen LogP) is 2.00. The Morgan fingerprint density at radius 1 is 1.20 bits per heavy atom. The fraction of sp³-hybridized carbons (Fsp3) is 0.250. The zero-order valence-electron chi connectivity index (χ0n) is 11.6. The monoisotopic (exact) mass is 269 g/mol. The number of aryl methyl sites for hydroxylation is 1. The summed E-state index contributed by atoms with van der Waals surface area (Å²) in [7, 11) is 1.70. The van der Waals surface area contributed by atoms with Crippen LogP contribution in [0.5, 0.6) is 0 Å². The highest BCUT2D eigenvalue weighted by Gasteiger charge is 2.19. The van der Waals surface area contributed by atoms with Crippen LogP contribution >= 0.6 is 0 Å². The number of benzene rings is 1. The van der Waals surface area contributed by atoms with E-state index in [1.54, 1.807) is 19.3 Å². The zero-order chi connectivity index (χ0) is 14.4. The molecule has 0 saturated heterocycles. The molecule has 0 aliphatic heterocycles. The van der Waals surface area contributed by atoms with Gasteiger partial charge in [-0.1, -0.05) is 36.4 Å². The van der Waals surface area contributed by atoms with Crippen LogP contribution < -0.4 is 10.6 Å². The predicted molar refractivity (Wildman–Crippen MR) is 80.4 cm³/mol. The van der Waals surface area contributed by atoms with Gasteiger partial charge in [-0.25, -0.2) is 4.98 Å². The van der Waals surface area contributed by atoms with E-state index in [1.807, 2.05) is 42.5 Å². The number of likely N-dealkylation sites (N-methyl/N-ethyl adjacent to an activating group) is 1. The molecule has 0 aliphatic rings. The quantitative estimate of drug-likeness (QED) is 0.903. The van der Waals surface area contributed by atoms with Crippen molar-refractivity contribution in [3.8, 4) is 0 Å². The molecule has 2 rings (SSSR count). The standard InChI is InChI=1S/C16H19N3O/c1-19(15-9-5-6-12-18-15)16(20)14(17)11-10-13-7-3-2-4-8-13/h2-9,12,14H,10-11,17H2,1H3/t14-/m0/s1. The maximum Gasteiger partial charge on any atom is 0.244 e. The Balaban J connectivity index is 1.92. The first-order valence-electron chi connectivity index (χ1n) is 6.66. The molecule has 1 atom stereocenters. The van der Waals surface area contributed by atoms with Crippen molar-refractivity contribution in [3.63, 3.8) is 0 Å². The number of amides is 1. The minimum atomic E-state index is -0.512. The zero-order valence-corrected chi connectivity index (χ0v) is 11.6. The van der Waals surface area contributed by atoms with Crippen molar-refractivity contribution >= 4 is 11.7 Å². The molecule has 0 aliphatic carbocycles. The van der Waals surface area contributed by atoms with E-state index in [9.17, 15) is 4.79 Å². The Bertz CT molecular complexity index is 542. The van der Waals surface area contributed by atoms with Gasteiger partial charge in [-0.15, -0.1) is 0 Å². The molecule has 1 aromatic carbocycles. The molecular formula is C16H19N3O. The summed E-state index contributed by atoms with van der Waals surface area (Å²) in [5, 5.41) is 0. The highest BCUT2D eigenvalue weighted by Crippen LogP contribution is 2.10. The van der Waals surface area contributed by atoms with Gasteiger partial charge >= 0.3 is 0 Å². The third-order valence-electron chi connectivity index (χ3n) is 3.23. The molecule has 0 unspecified atom stereocenters. The molecule has 20 heavy (non-hydrogen) atoms. The minimum Gasteiger partial charge on any atom is -0.320 e. The van der Waals surface area contributed by atoms with Crippen molar-refractivity contribution in [2.45, 2.75) is 18.9 Å². The molecule has 1 amide bonds. The summed E-state index contributed by atoms with van der Waals surface area (Å²) in [5.74, 6) is 0.507. The Labute approximate surface area is 119 Å². The molecule has 4 nitrogen and oxygen atoms in total. The normalized spacial score (nSPS) is 11.9. The fourth-order valence-electron chi connectivity index (χ4n) is 2.00.